The lowest BCUT2D eigenvalue weighted by Crippen LogP contribution is -2.37. The van der Waals surface area contributed by atoms with Crippen molar-refractivity contribution in [2.45, 2.75) is 26.3 Å². The maximum absolute atomic E-state index is 11.8. The zero-order chi connectivity index (χ0) is 15.0. The summed E-state index contributed by atoms with van der Waals surface area (Å²) in [5, 5.41) is 5.86. The highest BCUT2D eigenvalue weighted by atomic mass is 79.9. The molecule has 4 N–H and O–H groups in total. The van der Waals surface area contributed by atoms with Crippen LogP contribution in [0.25, 0.3) is 0 Å². The van der Waals surface area contributed by atoms with Crippen LogP contribution in [0.5, 0.6) is 0 Å². The standard InChI is InChI=1S/C14H21BrN4O/c1-10(2)19-14(16)18-8-4-7-17-13(20)11-5-3-6-12(15)9-11/h3,5-6,9-10H,4,7-8H2,1-2H3,(H,17,20)(H3,16,18,19). The van der Waals surface area contributed by atoms with Gasteiger partial charge in [-0.3, -0.25) is 9.79 Å². The Bertz CT molecular complexity index is 474. The van der Waals surface area contributed by atoms with Crippen molar-refractivity contribution in [2.24, 2.45) is 10.7 Å². The second kappa shape index (κ2) is 8.58. The number of carbonyl (C=O) groups excluding carboxylic acids is 1. The van der Waals surface area contributed by atoms with Crippen molar-refractivity contribution in [2.75, 3.05) is 13.1 Å². The maximum atomic E-state index is 11.8. The summed E-state index contributed by atoms with van der Waals surface area (Å²) in [5.74, 6) is 0.363. The molecule has 0 saturated carbocycles. The third kappa shape index (κ3) is 6.56. The number of nitrogens with zero attached hydrogens (tertiary/aromatic N) is 1. The molecule has 0 saturated heterocycles. The second-order valence-corrected chi connectivity index (χ2v) is 5.60. The van der Waals surface area contributed by atoms with Gasteiger partial charge in [0.15, 0.2) is 5.96 Å². The molecule has 5 nitrogen and oxygen atoms in total. The number of hydrogen-bond acceptors (Lipinski definition) is 2. The van der Waals surface area contributed by atoms with E-state index in [0.717, 1.165) is 10.9 Å². The van der Waals surface area contributed by atoms with Crippen LogP contribution in [0.2, 0.25) is 0 Å². The molecule has 0 aliphatic rings. The molecule has 0 fully saturated rings. The highest BCUT2D eigenvalue weighted by Gasteiger charge is 2.04. The van der Waals surface area contributed by atoms with Gasteiger partial charge in [-0.1, -0.05) is 22.0 Å². The van der Waals surface area contributed by atoms with Crippen LogP contribution in [0, 0.1) is 0 Å². The Morgan fingerprint density at radius 3 is 2.85 bits per heavy atom. The summed E-state index contributed by atoms with van der Waals surface area (Å²) in [6.07, 6.45) is 0.750. The molecular weight excluding hydrogens is 320 g/mol. The van der Waals surface area contributed by atoms with E-state index >= 15 is 0 Å². The third-order valence-corrected chi connectivity index (χ3v) is 2.92. The summed E-state index contributed by atoms with van der Waals surface area (Å²) in [4.78, 5) is 16.0. The second-order valence-electron chi connectivity index (χ2n) is 4.69. The fraction of sp³-hybridized carbons (Fsp3) is 0.429. The minimum Gasteiger partial charge on any atom is -0.370 e. The first kappa shape index (κ1) is 16.5. The van der Waals surface area contributed by atoms with E-state index in [1.54, 1.807) is 12.1 Å². The molecule has 110 valence electrons. The first-order valence-corrected chi connectivity index (χ1v) is 7.38. The van der Waals surface area contributed by atoms with Crippen LogP contribution in [-0.4, -0.2) is 31.0 Å². The molecule has 0 radical (unpaired) electrons. The number of amides is 1. The van der Waals surface area contributed by atoms with Crippen molar-refractivity contribution in [1.82, 2.24) is 10.6 Å². The lowest BCUT2D eigenvalue weighted by molar-refractivity contribution is 0.0953. The van der Waals surface area contributed by atoms with Crippen molar-refractivity contribution in [3.05, 3.63) is 34.3 Å². The van der Waals surface area contributed by atoms with E-state index in [1.165, 1.54) is 0 Å². The quantitative estimate of drug-likeness (QED) is 0.420. The molecule has 1 aromatic rings. The molecule has 0 atom stereocenters. The Morgan fingerprint density at radius 2 is 2.20 bits per heavy atom. The van der Waals surface area contributed by atoms with Crippen LogP contribution in [0.1, 0.15) is 30.6 Å². The van der Waals surface area contributed by atoms with Gasteiger partial charge in [-0.25, -0.2) is 0 Å². The highest BCUT2D eigenvalue weighted by Crippen LogP contribution is 2.11. The first-order valence-electron chi connectivity index (χ1n) is 6.59. The maximum Gasteiger partial charge on any atom is 0.251 e. The van der Waals surface area contributed by atoms with Crippen molar-refractivity contribution >= 4 is 27.8 Å². The average molecular weight is 341 g/mol. The summed E-state index contributed by atoms with van der Waals surface area (Å²) >= 11 is 3.34. The first-order chi connectivity index (χ1) is 9.49. The van der Waals surface area contributed by atoms with Gasteiger partial charge in [0.05, 0.1) is 0 Å². The van der Waals surface area contributed by atoms with E-state index < -0.39 is 0 Å². The van der Waals surface area contributed by atoms with E-state index in [2.05, 4.69) is 31.6 Å². The molecule has 0 bridgehead atoms. The highest BCUT2D eigenvalue weighted by molar-refractivity contribution is 9.10. The van der Waals surface area contributed by atoms with Gasteiger partial charge in [0.1, 0.15) is 0 Å². The molecule has 20 heavy (non-hydrogen) atoms. The number of nitrogens with two attached hydrogens (primary N) is 1. The molecule has 0 aliphatic carbocycles. The molecule has 0 aliphatic heterocycles. The topological polar surface area (TPSA) is 79.5 Å². The van der Waals surface area contributed by atoms with Crippen LogP contribution >= 0.6 is 15.9 Å². The van der Waals surface area contributed by atoms with E-state index in [4.69, 9.17) is 5.73 Å². The van der Waals surface area contributed by atoms with Crippen molar-refractivity contribution in [1.29, 1.82) is 0 Å². The molecule has 0 spiro atoms. The van der Waals surface area contributed by atoms with E-state index in [0.29, 0.717) is 24.6 Å². The molecule has 0 aromatic heterocycles. The lowest BCUT2D eigenvalue weighted by atomic mass is 10.2. The van der Waals surface area contributed by atoms with Crippen molar-refractivity contribution < 1.29 is 4.79 Å². The van der Waals surface area contributed by atoms with Gasteiger partial charge in [-0.2, -0.15) is 0 Å². The Morgan fingerprint density at radius 1 is 1.45 bits per heavy atom. The Labute approximate surface area is 128 Å². The van der Waals surface area contributed by atoms with Crippen molar-refractivity contribution in [3.63, 3.8) is 0 Å². The molecule has 1 amide bonds. The minimum absolute atomic E-state index is 0.0800. The molecule has 1 aromatic carbocycles. The number of guanidine groups is 1. The van der Waals surface area contributed by atoms with Crippen LogP contribution in [0.3, 0.4) is 0 Å². The van der Waals surface area contributed by atoms with Crippen LogP contribution in [-0.2, 0) is 0 Å². The summed E-state index contributed by atoms with van der Waals surface area (Å²) in [6.45, 7) is 5.16. The number of halogens is 1. The van der Waals surface area contributed by atoms with Gasteiger partial charge in [0.25, 0.3) is 5.91 Å². The average Bonchev–Trinajstić information content (AvgIpc) is 2.37. The molecule has 6 heteroatoms. The molecular formula is C14H21BrN4O. The van der Waals surface area contributed by atoms with Crippen molar-refractivity contribution in [3.8, 4) is 0 Å². The largest absolute Gasteiger partial charge is 0.370 e. The van der Waals surface area contributed by atoms with Gasteiger partial charge in [0.2, 0.25) is 0 Å². The van der Waals surface area contributed by atoms with Crippen LogP contribution in [0.4, 0.5) is 0 Å². The van der Waals surface area contributed by atoms with Gasteiger partial charge in [0, 0.05) is 29.2 Å². The zero-order valence-electron chi connectivity index (χ0n) is 11.8. The molecule has 0 unspecified atom stereocenters. The molecule has 0 heterocycles. The predicted molar refractivity (Wildman–Crippen MR) is 85.9 cm³/mol. The normalized spacial score (nSPS) is 11.5. The number of aliphatic imine (C=N–C) groups is 1. The number of carbonyl (C=O) groups is 1. The number of rotatable bonds is 6. The van der Waals surface area contributed by atoms with Gasteiger partial charge < -0.3 is 16.4 Å². The number of nitrogens with one attached hydrogen (secondary N) is 2. The lowest BCUT2D eigenvalue weighted by Gasteiger charge is -2.08. The van der Waals surface area contributed by atoms with Gasteiger partial charge >= 0.3 is 0 Å². The van der Waals surface area contributed by atoms with E-state index in [-0.39, 0.29) is 11.9 Å². The number of benzene rings is 1. The summed E-state index contributed by atoms with van der Waals surface area (Å²) in [7, 11) is 0. The van der Waals surface area contributed by atoms with Crippen LogP contribution < -0.4 is 16.4 Å². The van der Waals surface area contributed by atoms with E-state index in [1.807, 2.05) is 26.0 Å². The zero-order valence-corrected chi connectivity index (χ0v) is 13.4. The Hall–Kier alpha value is -1.56. The number of hydrogen-bond donors (Lipinski definition) is 3. The predicted octanol–water partition coefficient (Wildman–Crippen LogP) is 1.88. The summed E-state index contributed by atoms with van der Waals surface area (Å²) < 4.78 is 0.891. The molecule has 1 rings (SSSR count). The van der Waals surface area contributed by atoms with Gasteiger partial charge in [-0.05, 0) is 38.5 Å². The summed E-state index contributed by atoms with van der Waals surface area (Å²) in [5.41, 5.74) is 6.31. The minimum atomic E-state index is -0.0800. The van der Waals surface area contributed by atoms with Crippen LogP contribution in [0.15, 0.2) is 33.7 Å². The van der Waals surface area contributed by atoms with E-state index in [9.17, 15) is 4.79 Å². The fourth-order valence-electron chi connectivity index (χ4n) is 1.55. The smallest absolute Gasteiger partial charge is 0.251 e. The monoisotopic (exact) mass is 340 g/mol. The Balaban J connectivity index is 2.26. The summed E-state index contributed by atoms with van der Waals surface area (Å²) in [6, 6.07) is 7.56. The fourth-order valence-corrected chi connectivity index (χ4v) is 1.95. The third-order valence-electron chi connectivity index (χ3n) is 2.43. The van der Waals surface area contributed by atoms with Gasteiger partial charge in [-0.15, -0.1) is 0 Å². The Kier molecular flexibility index (Phi) is 7.08. The SMILES string of the molecule is CC(C)NC(N)=NCCCNC(=O)c1cccc(Br)c1.